The summed E-state index contributed by atoms with van der Waals surface area (Å²) in [4.78, 5) is 39.3. The summed E-state index contributed by atoms with van der Waals surface area (Å²) in [6, 6.07) is 9.30. The number of hydrogen-bond donors (Lipinski definition) is 2. The van der Waals surface area contributed by atoms with Crippen molar-refractivity contribution >= 4 is 23.5 Å². The molecule has 2 heterocycles. The van der Waals surface area contributed by atoms with Gasteiger partial charge in [0.2, 0.25) is 5.91 Å². The van der Waals surface area contributed by atoms with Crippen molar-refractivity contribution in [1.82, 2.24) is 10.2 Å². The van der Waals surface area contributed by atoms with E-state index < -0.39 is 40.9 Å². The highest BCUT2D eigenvalue weighted by Crippen LogP contribution is 2.37. The molecule has 0 spiro atoms. The Morgan fingerprint density at radius 2 is 1.86 bits per heavy atom. The van der Waals surface area contributed by atoms with Gasteiger partial charge in [-0.1, -0.05) is 12.1 Å². The maximum absolute atomic E-state index is 13.3. The number of amides is 4. The first-order valence-electron chi connectivity index (χ1n) is 11.4. The molecule has 8 nitrogen and oxygen atoms in total. The van der Waals surface area contributed by atoms with Crippen LogP contribution in [0.3, 0.4) is 0 Å². The predicted molar refractivity (Wildman–Crippen MR) is 123 cm³/mol. The van der Waals surface area contributed by atoms with Crippen molar-refractivity contribution in [2.24, 2.45) is 0 Å². The van der Waals surface area contributed by atoms with Crippen molar-refractivity contribution in [1.29, 1.82) is 0 Å². The van der Waals surface area contributed by atoms with Crippen LogP contribution >= 0.6 is 0 Å². The van der Waals surface area contributed by atoms with Crippen LogP contribution in [-0.2, 0) is 19.7 Å². The second-order valence-electron chi connectivity index (χ2n) is 8.76. The largest absolute Gasteiger partial charge is 0.497 e. The van der Waals surface area contributed by atoms with E-state index in [-0.39, 0.29) is 25.1 Å². The molecular formula is C25H27F2N3O5. The molecular weight excluding hydrogens is 460 g/mol. The van der Waals surface area contributed by atoms with Crippen molar-refractivity contribution in [2.75, 3.05) is 32.2 Å². The van der Waals surface area contributed by atoms with Crippen LogP contribution in [0.15, 0.2) is 42.5 Å². The maximum atomic E-state index is 13.3. The molecule has 35 heavy (non-hydrogen) atoms. The molecule has 4 amide bonds. The molecule has 2 aromatic carbocycles. The average molecular weight is 488 g/mol. The molecule has 4 rings (SSSR count). The summed E-state index contributed by atoms with van der Waals surface area (Å²) in [7, 11) is 1.59. The summed E-state index contributed by atoms with van der Waals surface area (Å²) in [5.41, 5.74) is 0.658. The summed E-state index contributed by atoms with van der Waals surface area (Å²) in [5, 5.41) is 5.13. The highest BCUT2D eigenvalue weighted by atomic mass is 19.2. The van der Waals surface area contributed by atoms with E-state index in [2.05, 4.69) is 10.6 Å². The van der Waals surface area contributed by atoms with Gasteiger partial charge in [0.25, 0.3) is 5.91 Å². The summed E-state index contributed by atoms with van der Waals surface area (Å²) in [6.45, 7) is 1.23. The SMILES string of the molecule is COc1ccc(C2(CN3C(=O)N[C@H](CCC(=O)Nc4ccc(F)c(F)c4)C3=O)CCOCC2)cc1. The number of imide groups is 1. The molecule has 0 radical (unpaired) electrons. The lowest BCUT2D eigenvalue weighted by Gasteiger charge is -2.39. The molecule has 2 aliphatic rings. The molecule has 2 fully saturated rings. The minimum absolute atomic E-state index is 0.0786. The Morgan fingerprint density at radius 3 is 2.51 bits per heavy atom. The van der Waals surface area contributed by atoms with Crippen LogP contribution in [-0.4, -0.2) is 55.7 Å². The van der Waals surface area contributed by atoms with Crippen LogP contribution < -0.4 is 15.4 Å². The number of nitrogens with zero attached hydrogens (tertiary/aromatic N) is 1. The molecule has 0 bridgehead atoms. The zero-order valence-corrected chi connectivity index (χ0v) is 19.3. The second kappa shape index (κ2) is 10.4. The molecule has 1 atom stereocenters. The van der Waals surface area contributed by atoms with Gasteiger partial charge in [0.05, 0.1) is 7.11 Å². The quantitative estimate of drug-likeness (QED) is 0.557. The van der Waals surface area contributed by atoms with Crippen molar-refractivity contribution in [3.8, 4) is 5.75 Å². The number of methoxy groups -OCH3 is 1. The Morgan fingerprint density at radius 1 is 1.14 bits per heavy atom. The van der Waals surface area contributed by atoms with Crippen LogP contribution in [0, 0.1) is 11.6 Å². The molecule has 0 unspecified atom stereocenters. The number of carbonyl (C=O) groups excluding carboxylic acids is 3. The van der Waals surface area contributed by atoms with E-state index in [0.29, 0.717) is 31.8 Å². The van der Waals surface area contributed by atoms with Gasteiger partial charge in [-0.15, -0.1) is 0 Å². The van der Waals surface area contributed by atoms with Gasteiger partial charge in [0.1, 0.15) is 11.8 Å². The number of benzene rings is 2. The van der Waals surface area contributed by atoms with E-state index in [4.69, 9.17) is 9.47 Å². The Bertz CT molecular complexity index is 1100. The molecule has 186 valence electrons. The summed E-state index contributed by atoms with van der Waals surface area (Å²) < 4.78 is 37.2. The molecule has 2 saturated heterocycles. The number of urea groups is 1. The number of nitrogens with one attached hydrogen (secondary N) is 2. The van der Waals surface area contributed by atoms with E-state index in [0.717, 1.165) is 17.7 Å². The monoisotopic (exact) mass is 487 g/mol. The molecule has 2 N–H and O–H groups in total. The summed E-state index contributed by atoms with van der Waals surface area (Å²) >= 11 is 0. The zero-order valence-electron chi connectivity index (χ0n) is 19.3. The van der Waals surface area contributed by atoms with E-state index in [1.165, 1.54) is 11.0 Å². The van der Waals surface area contributed by atoms with E-state index in [9.17, 15) is 23.2 Å². The van der Waals surface area contributed by atoms with Crippen molar-refractivity contribution in [3.05, 3.63) is 59.7 Å². The van der Waals surface area contributed by atoms with Crippen molar-refractivity contribution in [2.45, 2.75) is 37.1 Å². The summed E-state index contributed by atoms with van der Waals surface area (Å²) in [6.07, 6.45) is 1.30. The number of carbonyl (C=O) groups is 3. The van der Waals surface area contributed by atoms with E-state index >= 15 is 0 Å². The lowest BCUT2D eigenvalue weighted by molar-refractivity contribution is -0.128. The first-order valence-corrected chi connectivity index (χ1v) is 11.4. The third kappa shape index (κ3) is 5.43. The van der Waals surface area contributed by atoms with Crippen molar-refractivity contribution < 1.29 is 32.6 Å². The van der Waals surface area contributed by atoms with Gasteiger partial charge >= 0.3 is 6.03 Å². The lowest BCUT2D eigenvalue weighted by atomic mass is 9.73. The Balaban J connectivity index is 1.40. The minimum Gasteiger partial charge on any atom is -0.497 e. The molecule has 0 aromatic heterocycles. The van der Waals surface area contributed by atoms with Crippen LogP contribution in [0.25, 0.3) is 0 Å². The molecule has 0 aliphatic carbocycles. The first-order chi connectivity index (χ1) is 16.8. The number of rotatable bonds is 8. The van der Waals surface area contributed by atoms with Crippen LogP contribution in [0.5, 0.6) is 5.75 Å². The molecule has 0 saturated carbocycles. The highest BCUT2D eigenvalue weighted by Gasteiger charge is 2.44. The Kier molecular flexibility index (Phi) is 7.30. The van der Waals surface area contributed by atoms with E-state index in [1.807, 2.05) is 24.3 Å². The van der Waals surface area contributed by atoms with Gasteiger partial charge in [-0.05, 0) is 49.1 Å². The number of hydrogen-bond acceptors (Lipinski definition) is 5. The molecule has 10 heteroatoms. The number of halogens is 2. The fraction of sp³-hybridized carbons (Fsp3) is 0.400. The Labute approximate surface area is 201 Å². The molecule has 2 aromatic rings. The molecule has 2 aliphatic heterocycles. The first kappa shape index (κ1) is 24.6. The predicted octanol–water partition coefficient (Wildman–Crippen LogP) is 3.36. The maximum Gasteiger partial charge on any atom is 0.324 e. The normalized spacial score (nSPS) is 19.4. The van der Waals surface area contributed by atoms with Gasteiger partial charge in [-0.2, -0.15) is 0 Å². The fourth-order valence-corrected chi connectivity index (χ4v) is 4.54. The van der Waals surface area contributed by atoms with Crippen LogP contribution in [0.1, 0.15) is 31.2 Å². The fourth-order valence-electron chi connectivity index (χ4n) is 4.54. The van der Waals surface area contributed by atoms with Gasteiger partial charge in [-0.3, -0.25) is 14.5 Å². The topological polar surface area (TPSA) is 97.0 Å². The van der Waals surface area contributed by atoms with Gasteiger partial charge < -0.3 is 20.1 Å². The number of anilines is 1. The third-order valence-electron chi connectivity index (χ3n) is 6.58. The van der Waals surface area contributed by atoms with E-state index in [1.54, 1.807) is 7.11 Å². The zero-order chi connectivity index (χ0) is 25.0. The lowest BCUT2D eigenvalue weighted by Crippen LogP contribution is -2.47. The van der Waals surface area contributed by atoms with Crippen LogP contribution in [0.2, 0.25) is 0 Å². The third-order valence-corrected chi connectivity index (χ3v) is 6.58. The van der Waals surface area contributed by atoms with Gasteiger partial charge in [-0.25, -0.2) is 13.6 Å². The second-order valence-corrected chi connectivity index (χ2v) is 8.76. The summed E-state index contributed by atoms with van der Waals surface area (Å²) in [5.74, 6) is -2.24. The minimum atomic E-state index is -1.07. The van der Waals surface area contributed by atoms with Crippen LogP contribution in [0.4, 0.5) is 19.3 Å². The van der Waals surface area contributed by atoms with Gasteiger partial charge in [0, 0.05) is 43.3 Å². The smallest absolute Gasteiger partial charge is 0.324 e. The number of ether oxygens (including phenoxy) is 2. The Hall–Kier alpha value is -3.53. The van der Waals surface area contributed by atoms with Gasteiger partial charge in [0.15, 0.2) is 11.6 Å². The highest BCUT2D eigenvalue weighted by molar-refractivity contribution is 6.04. The standard InChI is InChI=1S/C25H27F2N3O5/c1-34-18-5-2-16(3-6-18)25(10-12-35-13-11-25)15-30-23(32)21(29-24(30)33)8-9-22(31)28-17-4-7-19(26)20(27)14-17/h2-7,14,21H,8-13,15H2,1H3,(H,28,31)(H,29,33)/t21-/m1/s1. The average Bonchev–Trinajstić information content (AvgIpc) is 3.13. The van der Waals surface area contributed by atoms with Crippen molar-refractivity contribution in [3.63, 3.8) is 0 Å².